The van der Waals surface area contributed by atoms with Gasteiger partial charge in [0.25, 0.3) is 0 Å². The number of nitrogens with two attached hydrogens (primary N) is 1. The van der Waals surface area contributed by atoms with Crippen LogP contribution in [0.1, 0.15) is 12.0 Å². The topological polar surface area (TPSA) is 101 Å². The molecule has 156 valence electrons. The highest BCUT2D eigenvalue weighted by atomic mass is 32.2. The summed E-state index contributed by atoms with van der Waals surface area (Å²) in [5, 5.41) is 7.41. The van der Waals surface area contributed by atoms with Crippen LogP contribution in [-0.2, 0) is 9.59 Å². The van der Waals surface area contributed by atoms with Crippen LogP contribution in [0.2, 0.25) is 0 Å². The smallest absolute Gasteiger partial charge is 0.247 e. The molecule has 2 aromatic rings. The van der Waals surface area contributed by atoms with Gasteiger partial charge in [0, 0.05) is 26.2 Å². The molecule has 0 unspecified atom stereocenters. The Morgan fingerprint density at radius 2 is 1.83 bits per heavy atom. The highest BCUT2D eigenvalue weighted by Gasteiger charge is 2.40. The molecule has 0 radical (unpaired) electrons. The molecule has 9 heteroatoms. The Bertz CT molecular complexity index is 971. The standard InChI is InChI=1S/C21H23N5O3S/c1-25(2)15-6-4-14(5-7-15)13-23-24-21(22)30-18-12-19(27)26(20(18)28)16-8-10-17(29-3)11-9-16/h4-11,13,18H,12H2,1-3H3,(H2,22,24)/b23-13-/t18-/m1/s1. The molecule has 0 bridgehead atoms. The largest absolute Gasteiger partial charge is 0.497 e. The summed E-state index contributed by atoms with van der Waals surface area (Å²) in [4.78, 5) is 28.2. The van der Waals surface area contributed by atoms with Crippen LogP contribution >= 0.6 is 11.8 Å². The first-order chi connectivity index (χ1) is 14.4. The van der Waals surface area contributed by atoms with Crippen molar-refractivity contribution in [3.8, 4) is 5.75 Å². The lowest BCUT2D eigenvalue weighted by Gasteiger charge is -2.15. The number of amides is 2. The number of rotatable bonds is 6. The van der Waals surface area contributed by atoms with Crippen molar-refractivity contribution in [3.05, 3.63) is 54.1 Å². The highest BCUT2D eigenvalue weighted by molar-refractivity contribution is 8.14. The van der Waals surface area contributed by atoms with Crippen molar-refractivity contribution in [2.45, 2.75) is 11.7 Å². The lowest BCUT2D eigenvalue weighted by molar-refractivity contribution is -0.121. The molecule has 0 aromatic heterocycles. The zero-order valence-electron chi connectivity index (χ0n) is 17.0. The van der Waals surface area contributed by atoms with Crippen LogP contribution in [-0.4, -0.2) is 49.7 Å². The number of benzene rings is 2. The van der Waals surface area contributed by atoms with Gasteiger partial charge in [-0.2, -0.15) is 5.10 Å². The molecule has 2 aromatic carbocycles. The van der Waals surface area contributed by atoms with Crippen molar-refractivity contribution < 1.29 is 14.3 Å². The van der Waals surface area contributed by atoms with Gasteiger partial charge in [0.2, 0.25) is 11.8 Å². The minimum absolute atomic E-state index is 0.0570. The Labute approximate surface area is 179 Å². The van der Waals surface area contributed by atoms with Gasteiger partial charge in [-0.15, -0.1) is 5.10 Å². The number of nitrogens with zero attached hydrogens (tertiary/aromatic N) is 4. The van der Waals surface area contributed by atoms with E-state index in [2.05, 4.69) is 10.2 Å². The molecule has 3 rings (SSSR count). The number of imide groups is 1. The summed E-state index contributed by atoms with van der Waals surface area (Å²) < 4.78 is 5.10. The Kier molecular flexibility index (Phi) is 6.73. The first-order valence-corrected chi connectivity index (χ1v) is 10.1. The second-order valence-electron chi connectivity index (χ2n) is 6.74. The maximum Gasteiger partial charge on any atom is 0.247 e. The molecule has 1 saturated heterocycles. The van der Waals surface area contributed by atoms with Gasteiger partial charge in [-0.25, -0.2) is 4.90 Å². The van der Waals surface area contributed by atoms with E-state index in [4.69, 9.17) is 10.5 Å². The van der Waals surface area contributed by atoms with E-state index in [0.717, 1.165) is 23.0 Å². The van der Waals surface area contributed by atoms with Crippen LogP contribution < -0.4 is 20.3 Å². The van der Waals surface area contributed by atoms with Gasteiger partial charge >= 0.3 is 0 Å². The number of carbonyl (C=O) groups is 2. The molecule has 1 atom stereocenters. The van der Waals surface area contributed by atoms with Gasteiger partial charge in [-0.1, -0.05) is 23.9 Å². The fourth-order valence-electron chi connectivity index (χ4n) is 2.88. The maximum absolute atomic E-state index is 12.7. The van der Waals surface area contributed by atoms with E-state index in [1.54, 1.807) is 37.6 Å². The quantitative estimate of drug-likeness (QED) is 0.330. The van der Waals surface area contributed by atoms with Gasteiger partial charge < -0.3 is 15.4 Å². The molecule has 1 aliphatic rings. The second kappa shape index (κ2) is 9.45. The first kappa shape index (κ1) is 21.4. The average molecular weight is 426 g/mol. The van der Waals surface area contributed by atoms with Crippen LogP contribution in [0.4, 0.5) is 11.4 Å². The minimum Gasteiger partial charge on any atom is -0.497 e. The zero-order valence-corrected chi connectivity index (χ0v) is 17.8. The molecular formula is C21H23N5O3S. The molecule has 8 nitrogen and oxygen atoms in total. The summed E-state index contributed by atoms with van der Waals surface area (Å²) in [6, 6.07) is 14.5. The SMILES string of the molecule is COc1ccc(N2C(=O)C[C@@H](SC(N)=N/N=C\c3ccc(N(C)C)cc3)C2=O)cc1. The van der Waals surface area contributed by atoms with E-state index in [1.165, 1.54) is 4.90 Å². The van der Waals surface area contributed by atoms with Crippen LogP contribution in [0.5, 0.6) is 5.75 Å². The van der Waals surface area contributed by atoms with Gasteiger partial charge in [0.15, 0.2) is 5.17 Å². The molecule has 1 fully saturated rings. The monoisotopic (exact) mass is 425 g/mol. The van der Waals surface area contributed by atoms with Crippen LogP contribution in [0, 0.1) is 0 Å². The Morgan fingerprint density at radius 3 is 2.43 bits per heavy atom. The van der Waals surface area contributed by atoms with Crippen LogP contribution in [0.25, 0.3) is 0 Å². The average Bonchev–Trinajstić information content (AvgIpc) is 3.01. The van der Waals surface area contributed by atoms with Crippen molar-refractivity contribution >= 4 is 46.3 Å². The van der Waals surface area contributed by atoms with Crippen LogP contribution in [0.3, 0.4) is 0 Å². The van der Waals surface area contributed by atoms with Gasteiger partial charge in [0.05, 0.1) is 19.0 Å². The number of amidine groups is 1. The number of ether oxygens (including phenoxy) is 1. The van der Waals surface area contributed by atoms with E-state index in [-0.39, 0.29) is 23.4 Å². The summed E-state index contributed by atoms with van der Waals surface area (Å²) in [6.45, 7) is 0. The molecular weight excluding hydrogens is 402 g/mol. The molecule has 0 saturated carbocycles. The molecule has 2 N–H and O–H groups in total. The van der Waals surface area contributed by atoms with Crippen molar-refractivity contribution in [2.24, 2.45) is 15.9 Å². The van der Waals surface area contributed by atoms with Gasteiger partial charge in [-0.05, 0) is 42.0 Å². The van der Waals surface area contributed by atoms with E-state index >= 15 is 0 Å². The minimum atomic E-state index is -0.627. The highest BCUT2D eigenvalue weighted by Crippen LogP contribution is 2.30. The normalized spacial score (nSPS) is 17.1. The number of anilines is 2. The molecule has 0 spiro atoms. The lowest BCUT2D eigenvalue weighted by Crippen LogP contribution is -2.31. The predicted molar refractivity (Wildman–Crippen MR) is 121 cm³/mol. The third kappa shape index (κ3) is 4.98. The fraction of sp³-hybridized carbons (Fsp3) is 0.238. The van der Waals surface area contributed by atoms with Crippen molar-refractivity contribution in [1.82, 2.24) is 0 Å². The van der Waals surface area contributed by atoms with Crippen molar-refractivity contribution in [1.29, 1.82) is 0 Å². The Morgan fingerprint density at radius 1 is 1.17 bits per heavy atom. The summed E-state index contributed by atoms with van der Waals surface area (Å²) in [5.74, 6) is 0.0471. The predicted octanol–water partition coefficient (Wildman–Crippen LogP) is 2.48. The number of hydrogen-bond acceptors (Lipinski definition) is 7. The fourth-order valence-corrected chi connectivity index (χ4v) is 3.70. The Balaban J connectivity index is 1.62. The second-order valence-corrected chi connectivity index (χ2v) is 7.97. The number of methoxy groups -OCH3 is 1. The van der Waals surface area contributed by atoms with Crippen molar-refractivity contribution in [2.75, 3.05) is 31.0 Å². The van der Waals surface area contributed by atoms with Gasteiger partial charge in [-0.3, -0.25) is 9.59 Å². The lowest BCUT2D eigenvalue weighted by atomic mass is 10.2. The van der Waals surface area contributed by atoms with Crippen LogP contribution in [0.15, 0.2) is 58.7 Å². The third-order valence-corrected chi connectivity index (χ3v) is 5.45. The van der Waals surface area contributed by atoms with E-state index in [0.29, 0.717) is 11.4 Å². The summed E-state index contributed by atoms with van der Waals surface area (Å²) in [5.41, 5.74) is 8.36. The molecule has 0 aliphatic carbocycles. The molecule has 2 amide bonds. The molecule has 1 heterocycles. The van der Waals surface area contributed by atoms with E-state index in [1.807, 2.05) is 43.3 Å². The third-order valence-electron chi connectivity index (χ3n) is 4.47. The Hall–Kier alpha value is -3.33. The number of hydrogen-bond donors (Lipinski definition) is 1. The van der Waals surface area contributed by atoms with E-state index in [9.17, 15) is 9.59 Å². The molecule has 30 heavy (non-hydrogen) atoms. The van der Waals surface area contributed by atoms with Crippen molar-refractivity contribution in [3.63, 3.8) is 0 Å². The summed E-state index contributed by atoms with van der Waals surface area (Å²) in [7, 11) is 5.49. The van der Waals surface area contributed by atoms with E-state index < -0.39 is 5.25 Å². The summed E-state index contributed by atoms with van der Waals surface area (Å²) >= 11 is 1.04. The molecule has 1 aliphatic heterocycles. The maximum atomic E-state index is 12.7. The number of thioether (sulfide) groups is 1. The summed E-state index contributed by atoms with van der Waals surface area (Å²) in [6.07, 6.45) is 1.64. The van der Waals surface area contributed by atoms with Gasteiger partial charge in [0.1, 0.15) is 11.0 Å². The first-order valence-electron chi connectivity index (χ1n) is 9.20. The zero-order chi connectivity index (χ0) is 21.7. The number of carbonyl (C=O) groups excluding carboxylic acids is 2.